The van der Waals surface area contributed by atoms with Crippen LogP contribution in [0.4, 0.5) is 5.69 Å². The predicted octanol–water partition coefficient (Wildman–Crippen LogP) is 4.09. The van der Waals surface area contributed by atoms with Gasteiger partial charge in [0.15, 0.2) is 6.19 Å². The van der Waals surface area contributed by atoms with E-state index < -0.39 is 0 Å². The Balaban J connectivity index is 2.02. The quantitative estimate of drug-likeness (QED) is 0.776. The fourth-order valence-corrected chi connectivity index (χ4v) is 3.03. The molecule has 0 atom stereocenters. The minimum Gasteiger partial charge on any atom is -0.497 e. The predicted molar refractivity (Wildman–Crippen MR) is 81.4 cm³/mol. The standard InChI is InChI=1S/C16H12N2OS/c1-19-13-8-6-12(7-9-13)15-10-20-16-5-3-2-4-14(16)18(15)11-17/h2-10H,1H3. The molecule has 0 aliphatic carbocycles. The molecule has 0 fully saturated rings. The van der Waals surface area contributed by atoms with Crippen molar-refractivity contribution in [1.29, 1.82) is 5.26 Å². The molecule has 2 aromatic carbocycles. The lowest BCUT2D eigenvalue weighted by atomic mass is 10.1. The third kappa shape index (κ3) is 2.13. The molecule has 1 aliphatic rings. The molecule has 0 unspecified atom stereocenters. The van der Waals surface area contributed by atoms with Crippen LogP contribution in [-0.4, -0.2) is 7.11 Å². The third-order valence-electron chi connectivity index (χ3n) is 3.13. The van der Waals surface area contributed by atoms with Gasteiger partial charge in [0.1, 0.15) is 5.75 Å². The molecule has 0 saturated heterocycles. The average Bonchev–Trinajstić information content (AvgIpc) is 2.54. The summed E-state index contributed by atoms with van der Waals surface area (Å²) < 4.78 is 5.16. The van der Waals surface area contributed by atoms with Gasteiger partial charge in [-0.25, -0.2) is 4.90 Å². The van der Waals surface area contributed by atoms with Gasteiger partial charge in [-0.3, -0.25) is 0 Å². The van der Waals surface area contributed by atoms with Crippen LogP contribution in [0, 0.1) is 11.5 Å². The maximum Gasteiger partial charge on any atom is 0.189 e. The molecule has 20 heavy (non-hydrogen) atoms. The Bertz CT molecular complexity index is 701. The average molecular weight is 280 g/mol. The van der Waals surface area contributed by atoms with Gasteiger partial charge in [0, 0.05) is 15.9 Å². The molecule has 0 bridgehead atoms. The van der Waals surface area contributed by atoms with Crippen molar-refractivity contribution in [2.24, 2.45) is 0 Å². The highest BCUT2D eigenvalue weighted by molar-refractivity contribution is 8.02. The number of fused-ring (bicyclic) bond motifs is 1. The highest BCUT2D eigenvalue weighted by atomic mass is 32.2. The number of hydrogen-bond acceptors (Lipinski definition) is 4. The molecule has 3 nitrogen and oxygen atoms in total. The van der Waals surface area contributed by atoms with E-state index in [0.717, 1.165) is 27.6 Å². The van der Waals surface area contributed by atoms with Crippen molar-refractivity contribution in [2.45, 2.75) is 4.90 Å². The first kappa shape index (κ1) is 12.6. The maximum atomic E-state index is 9.47. The Kier molecular flexibility index (Phi) is 3.36. The van der Waals surface area contributed by atoms with E-state index in [-0.39, 0.29) is 0 Å². The number of thioether (sulfide) groups is 1. The van der Waals surface area contributed by atoms with E-state index in [9.17, 15) is 5.26 Å². The minimum absolute atomic E-state index is 0.807. The van der Waals surface area contributed by atoms with Gasteiger partial charge >= 0.3 is 0 Å². The van der Waals surface area contributed by atoms with Gasteiger partial charge in [0.2, 0.25) is 0 Å². The molecule has 4 heteroatoms. The van der Waals surface area contributed by atoms with Gasteiger partial charge in [0.25, 0.3) is 0 Å². The Hall–Kier alpha value is -2.38. The first-order valence-electron chi connectivity index (χ1n) is 6.13. The van der Waals surface area contributed by atoms with Crippen molar-refractivity contribution < 1.29 is 4.74 Å². The second-order valence-electron chi connectivity index (χ2n) is 4.25. The highest BCUT2D eigenvalue weighted by Crippen LogP contribution is 2.41. The van der Waals surface area contributed by atoms with Crippen molar-refractivity contribution in [3.63, 3.8) is 0 Å². The lowest BCUT2D eigenvalue weighted by molar-refractivity contribution is 0.415. The summed E-state index contributed by atoms with van der Waals surface area (Å²) in [6.45, 7) is 0. The topological polar surface area (TPSA) is 36.3 Å². The minimum atomic E-state index is 0.807. The van der Waals surface area contributed by atoms with Crippen molar-refractivity contribution in [3.8, 4) is 11.9 Å². The largest absolute Gasteiger partial charge is 0.497 e. The van der Waals surface area contributed by atoms with Gasteiger partial charge < -0.3 is 4.74 Å². The summed E-state index contributed by atoms with van der Waals surface area (Å²) in [5, 5.41) is 11.5. The van der Waals surface area contributed by atoms with Crippen molar-refractivity contribution in [1.82, 2.24) is 0 Å². The Labute approximate surface area is 122 Å². The van der Waals surface area contributed by atoms with Crippen molar-refractivity contribution in [2.75, 3.05) is 12.0 Å². The molecular weight excluding hydrogens is 268 g/mol. The number of rotatable bonds is 2. The summed E-state index contributed by atoms with van der Waals surface area (Å²) in [6, 6.07) is 15.6. The monoisotopic (exact) mass is 280 g/mol. The number of nitrogens with zero attached hydrogens (tertiary/aromatic N) is 2. The van der Waals surface area contributed by atoms with Gasteiger partial charge in [-0.15, -0.1) is 0 Å². The van der Waals surface area contributed by atoms with Crippen LogP contribution in [0.25, 0.3) is 5.70 Å². The van der Waals surface area contributed by atoms with Gasteiger partial charge in [-0.05, 0) is 36.4 Å². The molecule has 3 rings (SSSR count). The molecule has 1 aliphatic heterocycles. The molecular formula is C16H12N2OS. The van der Waals surface area contributed by atoms with E-state index in [0.29, 0.717) is 0 Å². The van der Waals surface area contributed by atoms with E-state index >= 15 is 0 Å². The maximum absolute atomic E-state index is 9.47. The van der Waals surface area contributed by atoms with E-state index in [2.05, 4.69) is 6.19 Å². The summed E-state index contributed by atoms with van der Waals surface area (Å²) in [5.41, 5.74) is 2.81. The smallest absolute Gasteiger partial charge is 0.189 e. The molecule has 0 spiro atoms. The van der Waals surface area contributed by atoms with Crippen molar-refractivity contribution >= 4 is 23.1 Å². The van der Waals surface area contributed by atoms with Crippen LogP contribution in [0.2, 0.25) is 0 Å². The lowest BCUT2D eigenvalue weighted by Gasteiger charge is -2.25. The number of nitriles is 1. The Morgan fingerprint density at radius 1 is 1.10 bits per heavy atom. The number of anilines is 1. The third-order valence-corrected chi connectivity index (χ3v) is 4.07. The summed E-state index contributed by atoms with van der Waals surface area (Å²) >= 11 is 1.63. The van der Waals surface area contributed by atoms with Crippen LogP contribution in [0.1, 0.15) is 5.56 Å². The van der Waals surface area contributed by atoms with E-state index in [1.165, 1.54) is 0 Å². The number of hydrogen-bond donors (Lipinski definition) is 0. The molecule has 98 valence electrons. The zero-order chi connectivity index (χ0) is 13.9. The molecule has 0 N–H and O–H groups in total. The fourth-order valence-electron chi connectivity index (χ4n) is 2.11. The molecule has 1 heterocycles. The lowest BCUT2D eigenvalue weighted by Crippen LogP contribution is -2.17. The number of para-hydroxylation sites is 1. The molecule has 0 aromatic heterocycles. The van der Waals surface area contributed by atoms with Crippen LogP contribution in [0.5, 0.6) is 5.75 Å². The molecule has 0 saturated carbocycles. The Morgan fingerprint density at radius 3 is 2.55 bits per heavy atom. The summed E-state index contributed by atoms with van der Waals surface area (Å²) in [6.07, 6.45) is 2.26. The molecule has 0 amide bonds. The van der Waals surface area contributed by atoms with Crippen LogP contribution >= 0.6 is 11.8 Å². The first-order valence-corrected chi connectivity index (χ1v) is 7.01. The number of methoxy groups -OCH3 is 1. The SMILES string of the molecule is COc1ccc(C2=CSc3ccccc3N2C#N)cc1. The number of ether oxygens (including phenoxy) is 1. The van der Waals surface area contributed by atoms with Gasteiger partial charge in [-0.2, -0.15) is 5.26 Å². The van der Waals surface area contributed by atoms with E-state index in [1.54, 1.807) is 23.8 Å². The highest BCUT2D eigenvalue weighted by Gasteiger charge is 2.21. The van der Waals surface area contributed by atoms with Gasteiger partial charge in [-0.1, -0.05) is 23.9 Å². The summed E-state index contributed by atoms with van der Waals surface area (Å²) in [5.74, 6) is 0.807. The normalized spacial score (nSPS) is 13.2. The fraction of sp³-hybridized carbons (Fsp3) is 0.0625. The molecule has 0 radical (unpaired) electrons. The first-order chi connectivity index (χ1) is 9.83. The zero-order valence-corrected chi connectivity index (χ0v) is 11.7. The van der Waals surface area contributed by atoms with Crippen LogP contribution in [0.15, 0.2) is 58.8 Å². The van der Waals surface area contributed by atoms with E-state index in [4.69, 9.17) is 4.74 Å². The summed E-state index contributed by atoms with van der Waals surface area (Å²) in [7, 11) is 1.64. The zero-order valence-electron chi connectivity index (χ0n) is 10.9. The Morgan fingerprint density at radius 2 is 1.85 bits per heavy atom. The molecule has 2 aromatic rings. The van der Waals surface area contributed by atoms with Gasteiger partial charge in [0.05, 0.1) is 18.5 Å². The second-order valence-corrected chi connectivity index (χ2v) is 5.16. The van der Waals surface area contributed by atoms with Crippen LogP contribution in [0.3, 0.4) is 0 Å². The number of benzene rings is 2. The van der Waals surface area contributed by atoms with Crippen molar-refractivity contribution in [3.05, 3.63) is 59.5 Å². The summed E-state index contributed by atoms with van der Waals surface area (Å²) in [4.78, 5) is 2.75. The van der Waals surface area contributed by atoms with Crippen LogP contribution < -0.4 is 9.64 Å². The van der Waals surface area contributed by atoms with E-state index in [1.807, 2.05) is 53.9 Å². The second kappa shape index (κ2) is 5.32. The van der Waals surface area contributed by atoms with Crippen LogP contribution in [-0.2, 0) is 0 Å².